The quantitative estimate of drug-likeness (QED) is 0.672. The Labute approximate surface area is 104 Å². The minimum absolute atomic E-state index is 0. The van der Waals surface area contributed by atoms with Crippen LogP contribution in [-0.2, 0) is 19.5 Å². The Bertz CT molecular complexity index is 477. The van der Waals surface area contributed by atoms with Gasteiger partial charge in [-0.3, -0.25) is 0 Å². The maximum Gasteiger partial charge on any atom is 0.159 e. The maximum atomic E-state index is 5.48. The van der Waals surface area contributed by atoms with Gasteiger partial charge in [0.1, 0.15) is 5.75 Å². The Kier molecular flexibility index (Phi) is 4.23. The molecule has 2 rings (SSSR count). The summed E-state index contributed by atoms with van der Waals surface area (Å²) in [5.74, 6) is 0.914. The van der Waals surface area contributed by atoms with Crippen molar-refractivity contribution in [2.75, 3.05) is 6.61 Å². The molecule has 0 unspecified atom stereocenters. The second-order valence-corrected chi connectivity index (χ2v) is 4.27. The van der Waals surface area contributed by atoms with Crippen molar-refractivity contribution in [3.63, 3.8) is 0 Å². The molecule has 1 aromatic carbocycles. The van der Waals surface area contributed by atoms with Crippen LogP contribution in [0.1, 0.15) is 6.92 Å². The normalized spacial score (nSPS) is 9.79. The Morgan fingerprint density at radius 1 is 1.50 bits per heavy atom. The summed E-state index contributed by atoms with van der Waals surface area (Å²) >= 11 is 6.62. The summed E-state index contributed by atoms with van der Waals surface area (Å²) in [5.41, 5.74) is 1.06. The van der Waals surface area contributed by atoms with E-state index in [0.717, 1.165) is 19.9 Å². The Morgan fingerprint density at radius 3 is 3.00 bits per heavy atom. The minimum Gasteiger partial charge on any atom is -0.492 e. The van der Waals surface area contributed by atoms with Gasteiger partial charge in [0, 0.05) is 19.5 Å². The topological polar surface area (TPSA) is 25.0 Å². The van der Waals surface area contributed by atoms with E-state index in [0.29, 0.717) is 6.61 Å². The van der Waals surface area contributed by atoms with Crippen LogP contribution >= 0.6 is 23.6 Å². The third-order valence-electron chi connectivity index (χ3n) is 1.71. The van der Waals surface area contributed by atoms with E-state index in [2.05, 4.69) is 4.98 Å². The zero-order valence-electron chi connectivity index (χ0n) is 7.87. The van der Waals surface area contributed by atoms with Crippen LogP contribution in [-0.4, -0.2) is 11.6 Å². The first-order valence-corrected chi connectivity index (χ1v) is 5.28. The van der Waals surface area contributed by atoms with Gasteiger partial charge >= 0.3 is 0 Å². The zero-order valence-corrected chi connectivity index (χ0v) is 12.5. The third-order valence-corrected chi connectivity index (χ3v) is 2.97. The number of fused-ring (bicyclic) bond motifs is 1. The van der Waals surface area contributed by atoms with Crippen molar-refractivity contribution in [1.29, 1.82) is 0 Å². The van der Waals surface area contributed by atoms with Crippen LogP contribution in [0.4, 0.5) is 0 Å². The molecular weight excluding hydrogens is 268 g/mol. The molecule has 0 radical (unpaired) electrons. The molecule has 0 aliphatic heterocycles. The molecule has 0 saturated carbocycles. The van der Waals surface area contributed by atoms with Crippen LogP contribution in [0.2, 0.25) is 0 Å². The molecule has 0 fully saturated rings. The number of aromatic nitrogens is 1. The first-order valence-electron chi connectivity index (χ1n) is 4.06. The molecule has 1 heterocycles. The number of hydrogen-bond acceptors (Lipinski definition) is 3. The zero-order chi connectivity index (χ0) is 9.26. The van der Waals surface area contributed by atoms with Gasteiger partial charge in [-0.15, -0.1) is 11.3 Å². The standard InChI is InChI=1S/C9H9NOS2.Zn/c1-2-11-7-5-3-4-6-8(7)13-9(12)10-6;/h3-5H,2H2,1H3,(H,10,12);. The molecular formula is C9H9NOS2Zn. The van der Waals surface area contributed by atoms with Gasteiger partial charge in [0.05, 0.1) is 16.8 Å². The molecule has 0 amide bonds. The third kappa shape index (κ3) is 2.22. The van der Waals surface area contributed by atoms with E-state index >= 15 is 0 Å². The molecule has 2 nitrogen and oxygen atoms in total. The molecule has 1 aromatic heterocycles. The number of ether oxygens (including phenoxy) is 1. The summed E-state index contributed by atoms with van der Waals surface area (Å²) in [6, 6.07) is 5.93. The minimum atomic E-state index is 0. The summed E-state index contributed by atoms with van der Waals surface area (Å²) in [6.45, 7) is 2.66. The van der Waals surface area contributed by atoms with Gasteiger partial charge in [0.2, 0.25) is 0 Å². The molecule has 0 saturated heterocycles. The van der Waals surface area contributed by atoms with Gasteiger partial charge in [-0.25, -0.2) is 0 Å². The number of thiazole rings is 1. The van der Waals surface area contributed by atoms with Gasteiger partial charge in [-0.2, -0.15) is 0 Å². The first kappa shape index (κ1) is 11.8. The maximum absolute atomic E-state index is 5.48. The summed E-state index contributed by atoms with van der Waals surface area (Å²) in [6.07, 6.45) is 0. The Balaban J connectivity index is 0.000000980. The summed E-state index contributed by atoms with van der Waals surface area (Å²) < 4.78 is 7.38. The van der Waals surface area contributed by atoms with Gasteiger partial charge in [0.15, 0.2) is 3.95 Å². The van der Waals surface area contributed by atoms with Crippen LogP contribution < -0.4 is 4.74 Å². The van der Waals surface area contributed by atoms with Crippen LogP contribution in [0.5, 0.6) is 5.75 Å². The fraction of sp³-hybridized carbons (Fsp3) is 0.222. The molecule has 2 aromatic rings. The van der Waals surface area contributed by atoms with E-state index in [1.807, 2.05) is 25.1 Å². The molecule has 5 heteroatoms. The van der Waals surface area contributed by atoms with Crippen molar-refractivity contribution in [1.82, 2.24) is 4.98 Å². The molecule has 70 valence electrons. The second-order valence-electron chi connectivity index (χ2n) is 2.58. The fourth-order valence-electron chi connectivity index (χ4n) is 1.22. The van der Waals surface area contributed by atoms with E-state index in [1.165, 1.54) is 0 Å². The second kappa shape index (κ2) is 5.01. The van der Waals surface area contributed by atoms with Gasteiger partial charge in [0.25, 0.3) is 0 Å². The molecule has 0 atom stereocenters. The molecule has 0 aliphatic rings. The van der Waals surface area contributed by atoms with Crippen molar-refractivity contribution in [2.45, 2.75) is 6.92 Å². The van der Waals surface area contributed by atoms with Gasteiger partial charge in [-0.05, 0) is 31.3 Å². The average Bonchev–Trinajstić information content (AvgIpc) is 2.47. The summed E-state index contributed by atoms with van der Waals surface area (Å²) in [5, 5.41) is 0. The van der Waals surface area contributed by atoms with Crippen molar-refractivity contribution in [2.24, 2.45) is 0 Å². The van der Waals surface area contributed by atoms with Crippen molar-refractivity contribution >= 4 is 33.8 Å². The van der Waals surface area contributed by atoms with Crippen molar-refractivity contribution in [3.8, 4) is 5.75 Å². The van der Waals surface area contributed by atoms with E-state index in [-0.39, 0.29) is 19.5 Å². The SMILES string of the molecule is CCOc1cccc2[nH]c(=S)sc12.[Zn]. The van der Waals surface area contributed by atoms with Crippen molar-refractivity contribution in [3.05, 3.63) is 22.2 Å². The molecule has 14 heavy (non-hydrogen) atoms. The number of nitrogens with one attached hydrogen (secondary N) is 1. The number of H-pyrrole nitrogens is 1. The van der Waals surface area contributed by atoms with Gasteiger partial charge in [-0.1, -0.05) is 6.07 Å². The van der Waals surface area contributed by atoms with Crippen molar-refractivity contribution < 1.29 is 24.2 Å². The van der Waals surface area contributed by atoms with Crippen LogP contribution in [0.3, 0.4) is 0 Å². The number of aromatic amines is 1. The molecule has 0 aliphatic carbocycles. The Hall–Kier alpha value is -0.247. The monoisotopic (exact) mass is 275 g/mol. The number of benzene rings is 1. The first-order chi connectivity index (χ1) is 6.31. The Morgan fingerprint density at radius 2 is 2.29 bits per heavy atom. The van der Waals surface area contributed by atoms with Gasteiger partial charge < -0.3 is 9.72 Å². The van der Waals surface area contributed by atoms with E-state index < -0.39 is 0 Å². The van der Waals surface area contributed by atoms with E-state index in [9.17, 15) is 0 Å². The fourth-order valence-corrected chi connectivity index (χ4v) is 2.38. The smallest absolute Gasteiger partial charge is 0.159 e. The molecule has 0 spiro atoms. The number of hydrogen-bond donors (Lipinski definition) is 1. The van der Waals surface area contributed by atoms with E-state index in [1.54, 1.807) is 11.3 Å². The van der Waals surface area contributed by atoms with Crippen LogP contribution in [0.25, 0.3) is 10.2 Å². The largest absolute Gasteiger partial charge is 0.492 e. The van der Waals surface area contributed by atoms with Crippen LogP contribution in [0, 0.1) is 3.95 Å². The molecule has 1 N–H and O–H groups in total. The summed E-state index contributed by atoms with van der Waals surface area (Å²) in [7, 11) is 0. The predicted octanol–water partition coefficient (Wildman–Crippen LogP) is 3.36. The van der Waals surface area contributed by atoms with Crippen LogP contribution in [0.15, 0.2) is 18.2 Å². The number of rotatable bonds is 2. The molecule has 0 bridgehead atoms. The van der Waals surface area contributed by atoms with E-state index in [4.69, 9.17) is 17.0 Å². The predicted molar refractivity (Wildman–Crippen MR) is 58.2 cm³/mol. The summed E-state index contributed by atoms with van der Waals surface area (Å²) in [4.78, 5) is 3.11. The average molecular weight is 277 g/mol.